The SMILES string of the molecule is c1ccc(N(c2ccccc2)c2ccc(N(c3ccccc3)c3ccc4c(-c5ccc(-c6ccc7cnccc7c6)cc5)c5ccccc5c(-c5ccc(-c6ccc7cnccc7c6)cc5)c4c3)cc2)cc1. The highest BCUT2D eigenvalue weighted by atomic mass is 15.2. The van der Waals surface area contributed by atoms with Crippen LogP contribution in [0.15, 0.2) is 280 Å². The lowest BCUT2D eigenvalue weighted by Gasteiger charge is -2.29. The third-order valence-corrected chi connectivity index (χ3v) is 14.0. The Morgan fingerprint density at radius 1 is 0.222 bits per heavy atom. The maximum Gasteiger partial charge on any atom is 0.0468 e. The number of benzene rings is 11. The number of nitrogens with zero attached hydrogens (tertiary/aromatic N) is 4. The fourth-order valence-electron chi connectivity index (χ4n) is 10.5. The van der Waals surface area contributed by atoms with E-state index in [1.54, 1.807) is 0 Å². The predicted molar refractivity (Wildman–Crippen MR) is 303 cm³/mol. The highest BCUT2D eigenvalue weighted by Crippen LogP contribution is 2.47. The maximum absolute atomic E-state index is 4.34. The molecule has 0 fully saturated rings. The minimum Gasteiger partial charge on any atom is -0.311 e. The van der Waals surface area contributed by atoms with Gasteiger partial charge in [-0.3, -0.25) is 9.97 Å². The zero-order valence-electron chi connectivity index (χ0n) is 39.3. The topological polar surface area (TPSA) is 32.3 Å². The highest BCUT2D eigenvalue weighted by Gasteiger charge is 2.21. The van der Waals surface area contributed by atoms with Crippen LogP contribution in [0.1, 0.15) is 0 Å². The average molecular weight is 919 g/mol. The van der Waals surface area contributed by atoms with Crippen molar-refractivity contribution in [3.8, 4) is 44.5 Å². The molecule has 0 saturated heterocycles. The second-order valence-corrected chi connectivity index (χ2v) is 18.2. The number of fused-ring (bicyclic) bond motifs is 4. The van der Waals surface area contributed by atoms with E-state index >= 15 is 0 Å². The summed E-state index contributed by atoms with van der Waals surface area (Å²) in [5, 5.41) is 9.41. The van der Waals surface area contributed by atoms with E-state index in [2.05, 4.69) is 275 Å². The van der Waals surface area contributed by atoms with E-state index < -0.39 is 0 Å². The summed E-state index contributed by atoms with van der Waals surface area (Å²) >= 11 is 0. The highest BCUT2D eigenvalue weighted by molar-refractivity contribution is 6.22. The molecular weight excluding hydrogens is 873 g/mol. The molecule has 0 aliphatic rings. The molecule has 0 amide bonds. The summed E-state index contributed by atoms with van der Waals surface area (Å²) in [5.41, 5.74) is 15.9. The van der Waals surface area contributed by atoms with Gasteiger partial charge in [-0.15, -0.1) is 0 Å². The van der Waals surface area contributed by atoms with Gasteiger partial charge in [-0.2, -0.15) is 0 Å². The van der Waals surface area contributed by atoms with E-state index in [0.717, 1.165) is 50.5 Å². The fourth-order valence-corrected chi connectivity index (χ4v) is 10.5. The van der Waals surface area contributed by atoms with Crippen molar-refractivity contribution in [2.45, 2.75) is 0 Å². The minimum atomic E-state index is 1.06. The van der Waals surface area contributed by atoms with Gasteiger partial charge in [0.05, 0.1) is 0 Å². The summed E-state index contributed by atoms with van der Waals surface area (Å²) in [6.07, 6.45) is 7.57. The molecule has 13 aromatic rings. The molecule has 0 unspecified atom stereocenters. The van der Waals surface area contributed by atoms with Gasteiger partial charge < -0.3 is 9.80 Å². The zero-order valence-corrected chi connectivity index (χ0v) is 39.3. The summed E-state index contributed by atoms with van der Waals surface area (Å²) < 4.78 is 0. The summed E-state index contributed by atoms with van der Waals surface area (Å²) in [4.78, 5) is 13.3. The normalized spacial score (nSPS) is 11.3. The molecule has 0 aliphatic carbocycles. The van der Waals surface area contributed by atoms with Crippen LogP contribution in [-0.2, 0) is 0 Å². The van der Waals surface area contributed by atoms with Gasteiger partial charge >= 0.3 is 0 Å². The van der Waals surface area contributed by atoms with E-state index in [1.807, 2.05) is 24.8 Å². The summed E-state index contributed by atoms with van der Waals surface area (Å²) in [5.74, 6) is 0. The standard InChI is InChI=1S/C68H46N4/c1-4-12-57(13-5-1)71(58-14-6-2-7-15-58)60-32-34-61(35-33-60)72(59-16-8-3-9-17-59)62-36-37-65-66(44-62)68(50-26-22-48(23-27-50)52-29-31-56-46-70-41-39-54(56)43-52)64-19-11-10-18-63(64)67(65)49-24-20-47(21-25-49)51-28-30-55-45-69-40-38-53(55)42-51/h1-46H. The molecule has 11 aromatic carbocycles. The minimum absolute atomic E-state index is 1.06. The Bertz CT molecular complexity index is 4020. The van der Waals surface area contributed by atoms with Crippen LogP contribution >= 0.6 is 0 Å². The van der Waals surface area contributed by atoms with Crippen LogP contribution in [0.4, 0.5) is 34.1 Å². The molecular formula is C68H46N4. The molecule has 338 valence electrons. The molecule has 4 nitrogen and oxygen atoms in total. The lowest BCUT2D eigenvalue weighted by Crippen LogP contribution is -2.12. The Morgan fingerprint density at radius 2 is 0.569 bits per heavy atom. The van der Waals surface area contributed by atoms with Gasteiger partial charge in [-0.1, -0.05) is 158 Å². The molecule has 2 aromatic heterocycles. The Balaban J connectivity index is 0.984. The molecule has 0 aliphatic heterocycles. The monoisotopic (exact) mass is 918 g/mol. The van der Waals surface area contributed by atoms with Crippen molar-refractivity contribution < 1.29 is 0 Å². The Hall–Kier alpha value is -9.64. The fraction of sp³-hybridized carbons (Fsp3) is 0. The lowest BCUT2D eigenvalue weighted by atomic mass is 9.85. The molecule has 0 radical (unpaired) electrons. The van der Waals surface area contributed by atoms with Crippen LogP contribution in [0.2, 0.25) is 0 Å². The van der Waals surface area contributed by atoms with Crippen LogP contribution in [-0.4, -0.2) is 9.97 Å². The third kappa shape index (κ3) is 7.87. The molecule has 72 heavy (non-hydrogen) atoms. The largest absolute Gasteiger partial charge is 0.311 e. The Kier molecular flexibility index (Phi) is 10.8. The second-order valence-electron chi connectivity index (χ2n) is 18.2. The van der Waals surface area contributed by atoms with Crippen molar-refractivity contribution in [2.24, 2.45) is 0 Å². The molecule has 2 heterocycles. The van der Waals surface area contributed by atoms with Gasteiger partial charge in [0, 0.05) is 69.7 Å². The number of hydrogen-bond donors (Lipinski definition) is 0. The predicted octanol–water partition coefficient (Wildman–Crippen LogP) is 18.7. The number of pyridine rings is 2. The third-order valence-electron chi connectivity index (χ3n) is 14.0. The molecule has 0 bridgehead atoms. The molecule has 0 spiro atoms. The molecule has 0 N–H and O–H groups in total. The number of anilines is 6. The molecule has 0 saturated carbocycles. The van der Waals surface area contributed by atoms with E-state index in [9.17, 15) is 0 Å². The van der Waals surface area contributed by atoms with Gasteiger partial charge in [0.1, 0.15) is 0 Å². The van der Waals surface area contributed by atoms with Crippen molar-refractivity contribution in [3.05, 3.63) is 280 Å². The number of aromatic nitrogens is 2. The van der Waals surface area contributed by atoms with Crippen LogP contribution in [0.3, 0.4) is 0 Å². The van der Waals surface area contributed by atoms with E-state index in [4.69, 9.17) is 0 Å². The van der Waals surface area contributed by atoms with Gasteiger partial charge in [-0.25, -0.2) is 0 Å². The van der Waals surface area contributed by atoms with Crippen molar-refractivity contribution in [1.29, 1.82) is 0 Å². The van der Waals surface area contributed by atoms with Crippen LogP contribution in [0.5, 0.6) is 0 Å². The van der Waals surface area contributed by atoms with E-state index in [1.165, 1.54) is 71.3 Å². The lowest BCUT2D eigenvalue weighted by molar-refractivity contribution is 1.26. The quantitative estimate of drug-likeness (QED) is 0.128. The summed E-state index contributed by atoms with van der Waals surface area (Å²) in [6.45, 7) is 0. The van der Waals surface area contributed by atoms with Crippen LogP contribution < -0.4 is 9.80 Å². The first kappa shape index (κ1) is 42.5. The van der Waals surface area contributed by atoms with E-state index in [0.29, 0.717) is 0 Å². The average Bonchev–Trinajstić information content (AvgIpc) is 3.46. The first-order chi connectivity index (χ1) is 35.7. The zero-order chi connectivity index (χ0) is 47.8. The van der Waals surface area contributed by atoms with Gasteiger partial charge in [0.25, 0.3) is 0 Å². The smallest absolute Gasteiger partial charge is 0.0468 e. The Labute approximate surface area is 419 Å². The summed E-state index contributed by atoms with van der Waals surface area (Å²) in [6, 6.07) is 92.4. The number of para-hydroxylation sites is 3. The second kappa shape index (κ2) is 18.4. The van der Waals surface area contributed by atoms with Crippen molar-refractivity contribution in [2.75, 3.05) is 9.80 Å². The first-order valence-corrected chi connectivity index (χ1v) is 24.4. The van der Waals surface area contributed by atoms with Gasteiger partial charge in [0.2, 0.25) is 0 Å². The summed E-state index contributed by atoms with van der Waals surface area (Å²) in [7, 11) is 0. The molecule has 0 atom stereocenters. The van der Waals surface area contributed by atoms with Crippen molar-refractivity contribution in [3.63, 3.8) is 0 Å². The Morgan fingerprint density at radius 3 is 1.03 bits per heavy atom. The van der Waals surface area contributed by atoms with Crippen LogP contribution in [0.25, 0.3) is 87.6 Å². The van der Waals surface area contributed by atoms with E-state index in [-0.39, 0.29) is 0 Å². The van der Waals surface area contributed by atoms with Gasteiger partial charge in [-0.05, 0) is 174 Å². The number of rotatable bonds is 10. The van der Waals surface area contributed by atoms with Crippen LogP contribution in [0, 0.1) is 0 Å². The maximum atomic E-state index is 4.34. The van der Waals surface area contributed by atoms with Gasteiger partial charge in [0.15, 0.2) is 0 Å². The van der Waals surface area contributed by atoms with Crippen molar-refractivity contribution >= 4 is 77.2 Å². The first-order valence-electron chi connectivity index (χ1n) is 24.4. The van der Waals surface area contributed by atoms with Crippen molar-refractivity contribution in [1.82, 2.24) is 9.97 Å². The number of hydrogen-bond acceptors (Lipinski definition) is 4. The molecule has 4 heteroatoms. The molecule has 13 rings (SSSR count).